The zero-order chi connectivity index (χ0) is 13.8. The van der Waals surface area contributed by atoms with Crippen molar-refractivity contribution in [2.75, 3.05) is 7.11 Å². The molecule has 0 bridgehead atoms. The van der Waals surface area contributed by atoms with Crippen LogP contribution in [-0.2, 0) is 19.1 Å². The molecule has 1 amide bonds. The van der Waals surface area contributed by atoms with Gasteiger partial charge in [0.15, 0.2) is 0 Å². The summed E-state index contributed by atoms with van der Waals surface area (Å²) >= 11 is 0. The van der Waals surface area contributed by atoms with Gasteiger partial charge in [0.25, 0.3) is 0 Å². The molecule has 7 nitrogen and oxygen atoms in total. The summed E-state index contributed by atoms with van der Waals surface area (Å²) in [6.45, 7) is 0. The Hall–Kier alpha value is -1.63. The van der Waals surface area contributed by atoms with E-state index < -0.39 is 35.9 Å². The van der Waals surface area contributed by atoms with Gasteiger partial charge >= 0.3 is 11.9 Å². The largest absolute Gasteiger partial charge is 0.481 e. The normalized spacial score (nSPS) is 18.5. The van der Waals surface area contributed by atoms with Gasteiger partial charge in [0.1, 0.15) is 6.04 Å². The Kier molecular flexibility index (Phi) is 4.66. The third-order valence-corrected chi connectivity index (χ3v) is 3.19. The van der Waals surface area contributed by atoms with Crippen LogP contribution in [-0.4, -0.2) is 46.8 Å². The van der Waals surface area contributed by atoms with E-state index in [1.165, 1.54) is 7.11 Å². The first-order valence-corrected chi connectivity index (χ1v) is 5.68. The minimum Gasteiger partial charge on any atom is -0.481 e. The number of methoxy groups -OCH3 is 1. The smallest absolute Gasteiger partial charge is 0.326 e. The van der Waals surface area contributed by atoms with E-state index in [4.69, 9.17) is 14.9 Å². The van der Waals surface area contributed by atoms with Crippen molar-refractivity contribution in [2.24, 2.45) is 0 Å². The SMILES string of the molecule is COC1(CC(=O)N[C@H](CC(=O)O)C(=O)O)CCC1. The highest BCUT2D eigenvalue weighted by molar-refractivity contribution is 5.87. The predicted molar refractivity (Wildman–Crippen MR) is 60.0 cm³/mol. The molecule has 0 spiro atoms. The topological polar surface area (TPSA) is 113 Å². The summed E-state index contributed by atoms with van der Waals surface area (Å²) in [4.78, 5) is 32.9. The molecule has 1 fully saturated rings. The van der Waals surface area contributed by atoms with Gasteiger partial charge in [-0.1, -0.05) is 0 Å². The highest BCUT2D eigenvalue weighted by atomic mass is 16.5. The molecule has 1 rings (SSSR count). The Morgan fingerprint density at radius 3 is 2.28 bits per heavy atom. The van der Waals surface area contributed by atoms with Crippen molar-refractivity contribution in [1.82, 2.24) is 5.32 Å². The van der Waals surface area contributed by atoms with Gasteiger partial charge in [0.05, 0.1) is 18.4 Å². The number of aliphatic carboxylic acids is 2. The lowest BCUT2D eigenvalue weighted by Crippen LogP contribution is -2.48. The van der Waals surface area contributed by atoms with Gasteiger partial charge in [0, 0.05) is 7.11 Å². The van der Waals surface area contributed by atoms with Crippen molar-refractivity contribution < 1.29 is 29.3 Å². The molecule has 102 valence electrons. The van der Waals surface area contributed by atoms with E-state index >= 15 is 0 Å². The van der Waals surface area contributed by atoms with E-state index in [1.54, 1.807) is 0 Å². The van der Waals surface area contributed by atoms with Crippen molar-refractivity contribution >= 4 is 17.8 Å². The van der Waals surface area contributed by atoms with Crippen LogP contribution in [0.1, 0.15) is 32.1 Å². The maximum Gasteiger partial charge on any atom is 0.326 e. The molecule has 1 atom stereocenters. The number of ether oxygens (including phenoxy) is 1. The molecule has 0 unspecified atom stereocenters. The standard InChI is InChI=1S/C11H17NO6/c1-18-11(3-2-4-11)6-8(13)12-7(10(16)17)5-9(14)15/h7H,2-6H2,1H3,(H,12,13)(H,14,15)(H,16,17)/t7-/m1/s1. The first-order valence-electron chi connectivity index (χ1n) is 5.68. The molecule has 0 saturated heterocycles. The molecule has 1 saturated carbocycles. The lowest BCUT2D eigenvalue weighted by molar-refractivity contribution is -0.148. The lowest BCUT2D eigenvalue weighted by atomic mass is 9.77. The molecule has 3 N–H and O–H groups in total. The quantitative estimate of drug-likeness (QED) is 0.592. The number of carbonyl (C=O) groups is 3. The first-order chi connectivity index (χ1) is 8.38. The molecule has 1 aliphatic carbocycles. The van der Waals surface area contributed by atoms with E-state index in [1.807, 2.05) is 0 Å². The van der Waals surface area contributed by atoms with Crippen LogP contribution in [0.25, 0.3) is 0 Å². The fraction of sp³-hybridized carbons (Fsp3) is 0.727. The van der Waals surface area contributed by atoms with Crippen LogP contribution in [0, 0.1) is 0 Å². The number of hydrogen-bond acceptors (Lipinski definition) is 4. The van der Waals surface area contributed by atoms with Crippen LogP contribution in [0.3, 0.4) is 0 Å². The minimum atomic E-state index is -1.40. The summed E-state index contributed by atoms with van der Waals surface area (Å²) in [6, 6.07) is -1.40. The number of carbonyl (C=O) groups excluding carboxylic acids is 1. The molecule has 0 aromatic heterocycles. The van der Waals surface area contributed by atoms with E-state index in [9.17, 15) is 14.4 Å². The average Bonchev–Trinajstić information content (AvgIpc) is 2.21. The Morgan fingerprint density at radius 1 is 1.33 bits per heavy atom. The van der Waals surface area contributed by atoms with Gasteiger partial charge in [-0.05, 0) is 19.3 Å². The predicted octanol–water partition coefficient (Wildman–Crippen LogP) is -0.0103. The maximum absolute atomic E-state index is 11.7. The van der Waals surface area contributed by atoms with Crippen molar-refractivity contribution in [2.45, 2.75) is 43.7 Å². The molecule has 0 radical (unpaired) electrons. The summed E-state index contributed by atoms with van der Waals surface area (Å²) < 4.78 is 5.24. The van der Waals surface area contributed by atoms with E-state index in [-0.39, 0.29) is 6.42 Å². The van der Waals surface area contributed by atoms with Crippen molar-refractivity contribution in [3.8, 4) is 0 Å². The Balaban J connectivity index is 2.50. The molecule has 0 heterocycles. The Morgan fingerprint density at radius 2 is 1.94 bits per heavy atom. The van der Waals surface area contributed by atoms with Gasteiger partial charge in [-0.3, -0.25) is 9.59 Å². The number of nitrogens with one attached hydrogen (secondary N) is 1. The molecule has 0 aromatic carbocycles. The number of rotatable bonds is 7. The zero-order valence-corrected chi connectivity index (χ0v) is 10.1. The minimum absolute atomic E-state index is 0.0624. The van der Waals surface area contributed by atoms with Crippen LogP contribution in [0.4, 0.5) is 0 Å². The summed E-state index contributed by atoms with van der Waals surface area (Å²) in [5.41, 5.74) is -0.504. The summed E-state index contributed by atoms with van der Waals surface area (Å²) in [6.07, 6.45) is 1.91. The molecule has 0 aliphatic heterocycles. The number of hydrogen-bond donors (Lipinski definition) is 3. The second kappa shape index (κ2) is 5.81. The second-order valence-corrected chi connectivity index (χ2v) is 4.47. The molecular formula is C11H17NO6. The number of carboxylic acids is 2. The summed E-state index contributed by atoms with van der Waals surface area (Å²) in [5, 5.41) is 19.5. The highest BCUT2D eigenvalue weighted by Crippen LogP contribution is 2.37. The van der Waals surface area contributed by atoms with Crippen LogP contribution in [0.5, 0.6) is 0 Å². The summed E-state index contributed by atoms with van der Waals surface area (Å²) in [7, 11) is 1.51. The van der Waals surface area contributed by atoms with Gasteiger partial charge in [0.2, 0.25) is 5.91 Å². The summed E-state index contributed by atoms with van der Waals surface area (Å²) in [5.74, 6) is -3.12. The van der Waals surface area contributed by atoms with E-state index in [0.29, 0.717) is 0 Å². The average molecular weight is 259 g/mol. The molecular weight excluding hydrogens is 242 g/mol. The van der Waals surface area contributed by atoms with Crippen molar-refractivity contribution in [1.29, 1.82) is 0 Å². The fourth-order valence-corrected chi connectivity index (χ4v) is 1.94. The van der Waals surface area contributed by atoms with Crippen LogP contribution < -0.4 is 5.32 Å². The third-order valence-electron chi connectivity index (χ3n) is 3.19. The molecule has 7 heteroatoms. The van der Waals surface area contributed by atoms with Gasteiger partial charge in [-0.2, -0.15) is 0 Å². The fourth-order valence-electron chi connectivity index (χ4n) is 1.94. The van der Waals surface area contributed by atoms with Gasteiger partial charge in [-0.25, -0.2) is 4.79 Å². The second-order valence-electron chi connectivity index (χ2n) is 4.47. The van der Waals surface area contributed by atoms with Crippen LogP contribution in [0.2, 0.25) is 0 Å². The van der Waals surface area contributed by atoms with Crippen molar-refractivity contribution in [3.63, 3.8) is 0 Å². The zero-order valence-electron chi connectivity index (χ0n) is 10.1. The maximum atomic E-state index is 11.7. The lowest BCUT2D eigenvalue weighted by Gasteiger charge is -2.40. The Bertz CT molecular complexity index is 344. The first kappa shape index (κ1) is 14.4. The molecule has 0 aromatic rings. The Labute approximate surface area is 104 Å². The van der Waals surface area contributed by atoms with Crippen molar-refractivity contribution in [3.05, 3.63) is 0 Å². The third kappa shape index (κ3) is 3.69. The van der Waals surface area contributed by atoms with E-state index in [0.717, 1.165) is 19.3 Å². The van der Waals surface area contributed by atoms with Crippen LogP contribution in [0.15, 0.2) is 0 Å². The monoisotopic (exact) mass is 259 g/mol. The molecule has 1 aliphatic rings. The van der Waals surface area contributed by atoms with Gasteiger partial charge in [-0.15, -0.1) is 0 Å². The van der Waals surface area contributed by atoms with Crippen LogP contribution >= 0.6 is 0 Å². The molecule has 18 heavy (non-hydrogen) atoms. The highest BCUT2D eigenvalue weighted by Gasteiger charge is 2.39. The number of carboxylic acid groups (broad SMARTS) is 2. The van der Waals surface area contributed by atoms with E-state index in [2.05, 4.69) is 5.32 Å². The van der Waals surface area contributed by atoms with Gasteiger partial charge < -0.3 is 20.3 Å². The number of amides is 1.